The van der Waals surface area contributed by atoms with Crippen molar-refractivity contribution < 1.29 is 0 Å². The Balaban J connectivity index is 1.67. The van der Waals surface area contributed by atoms with E-state index >= 15 is 0 Å². The zero-order chi connectivity index (χ0) is 17.6. The highest BCUT2D eigenvalue weighted by Gasteiger charge is 2.05. The third-order valence-electron chi connectivity index (χ3n) is 3.79. The van der Waals surface area contributed by atoms with E-state index in [1.807, 2.05) is 54.1 Å². The molecule has 0 aliphatic carbocycles. The maximum absolute atomic E-state index is 5.96. The van der Waals surface area contributed by atoms with Crippen molar-refractivity contribution in [3.63, 3.8) is 0 Å². The minimum absolute atomic E-state index is 0.510. The summed E-state index contributed by atoms with van der Waals surface area (Å²) < 4.78 is 2.04. The average molecular weight is 388 g/mol. The first-order chi connectivity index (χ1) is 12.1. The first-order valence-electron chi connectivity index (χ1n) is 7.90. The van der Waals surface area contributed by atoms with Gasteiger partial charge >= 0.3 is 0 Å². The smallest absolute Gasteiger partial charge is 0.195 e. The quantitative estimate of drug-likeness (QED) is 0.671. The molecule has 0 saturated carbocycles. The van der Waals surface area contributed by atoms with Gasteiger partial charge in [0.25, 0.3) is 0 Å². The zero-order valence-corrected chi connectivity index (χ0v) is 16.2. The number of aromatic nitrogens is 1. The van der Waals surface area contributed by atoms with Crippen LogP contribution in [0.1, 0.15) is 5.56 Å². The molecule has 0 aliphatic heterocycles. The molecule has 0 radical (unpaired) electrons. The number of halogens is 1. The topological polar surface area (TPSA) is 29.3 Å². The van der Waals surface area contributed by atoms with E-state index in [4.69, 9.17) is 23.8 Å². The van der Waals surface area contributed by atoms with Gasteiger partial charge in [-0.05, 0) is 41.9 Å². The van der Waals surface area contributed by atoms with Crippen molar-refractivity contribution in [3.8, 4) is 11.3 Å². The van der Waals surface area contributed by atoms with Gasteiger partial charge in [0.05, 0.1) is 5.69 Å². The summed E-state index contributed by atoms with van der Waals surface area (Å²) in [5.41, 5.74) is 3.48. The van der Waals surface area contributed by atoms with Crippen LogP contribution in [0.25, 0.3) is 11.3 Å². The van der Waals surface area contributed by atoms with E-state index < -0.39 is 0 Å². The van der Waals surface area contributed by atoms with Gasteiger partial charge in [-0.3, -0.25) is 0 Å². The zero-order valence-electron chi connectivity index (χ0n) is 13.8. The number of hydrogen-bond donors (Lipinski definition) is 1. The van der Waals surface area contributed by atoms with Gasteiger partial charge in [-0.2, -0.15) is 4.99 Å². The maximum atomic E-state index is 5.96. The van der Waals surface area contributed by atoms with Crippen LogP contribution in [0.2, 0.25) is 5.02 Å². The Hall–Kier alpha value is -1.95. The Kier molecular flexibility index (Phi) is 6.02. The van der Waals surface area contributed by atoms with Gasteiger partial charge in [0, 0.05) is 24.0 Å². The molecule has 25 heavy (non-hydrogen) atoms. The molecule has 1 heterocycles. The molecule has 0 aliphatic rings. The van der Waals surface area contributed by atoms with Crippen molar-refractivity contribution in [2.75, 3.05) is 6.54 Å². The summed E-state index contributed by atoms with van der Waals surface area (Å²) in [5.74, 6) is 0. The second-order valence-corrected chi connectivity index (χ2v) is 7.21. The molecule has 6 heteroatoms. The molecular formula is C19H18ClN3S2. The summed E-state index contributed by atoms with van der Waals surface area (Å²) in [6.45, 7) is 0.769. The fraction of sp³-hybridized carbons (Fsp3) is 0.158. The lowest BCUT2D eigenvalue weighted by molar-refractivity contribution is 0.852. The Morgan fingerprint density at radius 1 is 1.16 bits per heavy atom. The fourth-order valence-corrected chi connectivity index (χ4v) is 3.72. The highest BCUT2D eigenvalue weighted by atomic mass is 35.5. The number of thiazole rings is 1. The molecular weight excluding hydrogens is 370 g/mol. The van der Waals surface area contributed by atoms with Crippen LogP contribution in [0.5, 0.6) is 0 Å². The molecule has 128 valence electrons. The van der Waals surface area contributed by atoms with Gasteiger partial charge in [-0.25, -0.2) is 0 Å². The van der Waals surface area contributed by atoms with Crippen LogP contribution in [-0.4, -0.2) is 16.2 Å². The molecule has 1 N–H and O–H groups in total. The van der Waals surface area contributed by atoms with E-state index in [1.165, 1.54) is 5.56 Å². The van der Waals surface area contributed by atoms with Gasteiger partial charge in [0.15, 0.2) is 9.91 Å². The molecule has 0 atom stereocenters. The van der Waals surface area contributed by atoms with Gasteiger partial charge < -0.3 is 9.88 Å². The van der Waals surface area contributed by atoms with Gasteiger partial charge in [0.1, 0.15) is 0 Å². The number of rotatable bonds is 4. The minimum atomic E-state index is 0.510. The summed E-state index contributed by atoms with van der Waals surface area (Å²) in [6, 6.07) is 18.1. The van der Waals surface area contributed by atoms with Crippen molar-refractivity contribution in [3.05, 3.63) is 75.4 Å². The van der Waals surface area contributed by atoms with E-state index in [0.717, 1.165) is 34.0 Å². The molecule has 3 nitrogen and oxygen atoms in total. The lowest BCUT2D eigenvalue weighted by atomic mass is 10.1. The minimum Gasteiger partial charge on any atom is -0.360 e. The van der Waals surface area contributed by atoms with Crippen molar-refractivity contribution in [1.82, 2.24) is 9.88 Å². The summed E-state index contributed by atoms with van der Waals surface area (Å²) in [6.07, 6.45) is 0.920. The van der Waals surface area contributed by atoms with Crippen molar-refractivity contribution in [2.24, 2.45) is 12.0 Å². The second kappa shape index (κ2) is 8.43. The highest BCUT2D eigenvalue weighted by molar-refractivity contribution is 7.80. The summed E-state index contributed by atoms with van der Waals surface area (Å²) in [7, 11) is 1.99. The summed E-state index contributed by atoms with van der Waals surface area (Å²) >= 11 is 12.9. The lowest BCUT2D eigenvalue weighted by Gasteiger charge is -2.05. The lowest BCUT2D eigenvalue weighted by Crippen LogP contribution is -2.25. The number of nitrogens with zero attached hydrogens (tertiary/aromatic N) is 2. The number of benzene rings is 2. The number of hydrogen-bond acceptors (Lipinski definition) is 2. The SMILES string of the molecule is Cn1c(-c2ccc(Cl)cc2)csc1=NC(=S)NCCc1ccccc1. The van der Waals surface area contributed by atoms with Crippen LogP contribution >= 0.6 is 35.2 Å². The van der Waals surface area contributed by atoms with Gasteiger partial charge in [0.2, 0.25) is 0 Å². The molecule has 1 aromatic heterocycles. The molecule has 3 aromatic rings. The Bertz CT molecular complexity index is 912. The first kappa shape index (κ1) is 17.9. The molecule has 0 fully saturated rings. The Morgan fingerprint density at radius 3 is 2.60 bits per heavy atom. The van der Waals surface area contributed by atoms with E-state index in [-0.39, 0.29) is 0 Å². The van der Waals surface area contributed by atoms with E-state index in [1.54, 1.807) is 11.3 Å². The van der Waals surface area contributed by atoms with Crippen molar-refractivity contribution in [1.29, 1.82) is 0 Å². The molecule has 0 saturated heterocycles. The Morgan fingerprint density at radius 2 is 1.88 bits per heavy atom. The third kappa shape index (κ3) is 4.78. The molecule has 0 spiro atoms. The van der Waals surface area contributed by atoms with Gasteiger partial charge in [-0.15, -0.1) is 11.3 Å². The number of thiocarbonyl (C=S) groups is 1. The van der Waals surface area contributed by atoms with Crippen LogP contribution in [0.4, 0.5) is 0 Å². The van der Waals surface area contributed by atoms with E-state index in [0.29, 0.717) is 5.11 Å². The summed E-state index contributed by atoms with van der Waals surface area (Å²) in [4.78, 5) is 5.39. The maximum Gasteiger partial charge on any atom is 0.195 e. The second-order valence-electron chi connectivity index (χ2n) is 5.55. The summed E-state index contributed by atoms with van der Waals surface area (Å²) in [5, 5.41) is 6.52. The first-order valence-corrected chi connectivity index (χ1v) is 9.57. The predicted octanol–water partition coefficient (Wildman–Crippen LogP) is 4.42. The molecule has 2 aromatic carbocycles. The molecule has 0 unspecified atom stereocenters. The highest BCUT2D eigenvalue weighted by Crippen LogP contribution is 2.21. The third-order valence-corrected chi connectivity index (χ3v) is 5.20. The average Bonchev–Trinajstić information content (AvgIpc) is 2.97. The van der Waals surface area contributed by atoms with Crippen molar-refractivity contribution in [2.45, 2.75) is 6.42 Å². The van der Waals surface area contributed by atoms with Gasteiger partial charge in [-0.1, -0.05) is 54.1 Å². The number of nitrogens with one attached hydrogen (secondary N) is 1. The van der Waals surface area contributed by atoms with Crippen molar-refractivity contribution >= 4 is 40.3 Å². The molecule has 0 bridgehead atoms. The van der Waals surface area contributed by atoms with Crippen LogP contribution in [0, 0.1) is 0 Å². The predicted molar refractivity (Wildman–Crippen MR) is 110 cm³/mol. The molecule has 0 amide bonds. The van der Waals surface area contributed by atoms with Crippen LogP contribution in [-0.2, 0) is 13.5 Å². The standard InChI is InChI=1S/C19H18ClN3S2/c1-23-17(15-7-9-16(20)10-8-15)13-25-19(23)22-18(24)21-12-11-14-5-3-2-4-6-14/h2-10,13H,11-12H2,1H3,(H,21,24). The largest absolute Gasteiger partial charge is 0.360 e. The normalized spacial score (nSPS) is 11.5. The van der Waals surface area contributed by atoms with E-state index in [2.05, 4.69) is 27.8 Å². The van der Waals surface area contributed by atoms with Crippen LogP contribution in [0.3, 0.4) is 0 Å². The Labute approximate surface area is 161 Å². The fourth-order valence-electron chi connectivity index (χ4n) is 2.44. The van der Waals surface area contributed by atoms with Crippen LogP contribution < -0.4 is 10.1 Å². The van der Waals surface area contributed by atoms with E-state index in [9.17, 15) is 0 Å². The monoisotopic (exact) mass is 387 g/mol. The van der Waals surface area contributed by atoms with Crippen LogP contribution in [0.15, 0.2) is 65.0 Å². The molecule has 3 rings (SSSR count).